The standard InChI is InChI=1S/C15H24N4O2S/c1-9(2)6-7-19-11-12(16-15(19)22-8-10(3)4)18(5)14(21)17-13(11)20/h9-10H,6-8H2,1-5H3,(H,17,20,21). The minimum absolute atomic E-state index is 0.356. The highest BCUT2D eigenvalue weighted by Crippen LogP contribution is 2.24. The van der Waals surface area contributed by atoms with Gasteiger partial charge in [-0.15, -0.1) is 0 Å². The lowest BCUT2D eigenvalue weighted by molar-refractivity contribution is 0.502. The number of aryl methyl sites for hydroxylation is 2. The van der Waals surface area contributed by atoms with E-state index in [2.05, 4.69) is 37.7 Å². The maximum Gasteiger partial charge on any atom is 0.329 e. The van der Waals surface area contributed by atoms with E-state index in [-0.39, 0.29) is 5.56 Å². The van der Waals surface area contributed by atoms with Gasteiger partial charge >= 0.3 is 5.69 Å². The molecule has 0 radical (unpaired) electrons. The number of nitrogens with zero attached hydrogens (tertiary/aromatic N) is 3. The number of nitrogens with one attached hydrogen (secondary N) is 1. The summed E-state index contributed by atoms with van der Waals surface area (Å²) in [6.07, 6.45) is 0.961. The predicted molar refractivity (Wildman–Crippen MR) is 90.6 cm³/mol. The summed E-state index contributed by atoms with van der Waals surface area (Å²) in [7, 11) is 1.64. The largest absolute Gasteiger partial charge is 0.329 e. The molecule has 0 atom stereocenters. The molecule has 0 aliphatic rings. The zero-order valence-corrected chi connectivity index (χ0v) is 14.7. The van der Waals surface area contributed by atoms with Crippen LogP contribution < -0.4 is 11.2 Å². The van der Waals surface area contributed by atoms with Gasteiger partial charge in [-0.25, -0.2) is 9.78 Å². The molecule has 0 aliphatic carbocycles. The lowest BCUT2D eigenvalue weighted by Crippen LogP contribution is -2.29. The number of H-pyrrole nitrogens is 1. The number of imidazole rings is 1. The van der Waals surface area contributed by atoms with Gasteiger partial charge in [0.2, 0.25) is 0 Å². The zero-order valence-electron chi connectivity index (χ0n) is 13.8. The van der Waals surface area contributed by atoms with Crippen LogP contribution in [0, 0.1) is 11.8 Å². The Morgan fingerprint density at radius 3 is 2.45 bits per heavy atom. The fourth-order valence-corrected chi connectivity index (χ4v) is 3.13. The van der Waals surface area contributed by atoms with Gasteiger partial charge in [-0.05, 0) is 18.3 Å². The Kier molecular flexibility index (Phi) is 5.16. The van der Waals surface area contributed by atoms with Gasteiger partial charge in [0.15, 0.2) is 16.3 Å². The molecule has 0 aliphatic heterocycles. The Morgan fingerprint density at radius 1 is 1.18 bits per heavy atom. The first-order valence-electron chi connectivity index (χ1n) is 7.63. The summed E-state index contributed by atoms with van der Waals surface area (Å²) in [5.41, 5.74) is 0.176. The van der Waals surface area contributed by atoms with Gasteiger partial charge < -0.3 is 4.57 Å². The molecule has 0 saturated carbocycles. The normalized spacial score (nSPS) is 12.0. The summed E-state index contributed by atoms with van der Waals surface area (Å²) in [5, 5.41) is 0.816. The van der Waals surface area contributed by atoms with Gasteiger partial charge in [0.1, 0.15) is 0 Å². The molecular formula is C15H24N4O2S. The summed E-state index contributed by atoms with van der Waals surface area (Å²) >= 11 is 1.64. The van der Waals surface area contributed by atoms with Crippen molar-refractivity contribution in [2.45, 2.75) is 45.8 Å². The van der Waals surface area contributed by atoms with Crippen molar-refractivity contribution in [3.63, 3.8) is 0 Å². The van der Waals surface area contributed by atoms with E-state index >= 15 is 0 Å². The summed E-state index contributed by atoms with van der Waals surface area (Å²) in [4.78, 5) is 30.9. The lowest BCUT2D eigenvalue weighted by Gasteiger charge is -2.10. The van der Waals surface area contributed by atoms with Crippen LogP contribution in [0.2, 0.25) is 0 Å². The Labute approximate surface area is 133 Å². The van der Waals surface area contributed by atoms with Crippen molar-refractivity contribution in [2.75, 3.05) is 5.75 Å². The highest BCUT2D eigenvalue weighted by molar-refractivity contribution is 7.99. The Hall–Kier alpha value is -1.50. The van der Waals surface area contributed by atoms with Gasteiger partial charge in [0.25, 0.3) is 5.56 Å². The van der Waals surface area contributed by atoms with Gasteiger partial charge in [0.05, 0.1) is 0 Å². The minimum atomic E-state index is -0.425. The van der Waals surface area contributed by atoms with Crippen molar-refractivity contribution in [1.82, 2.24) is 19.1 Å². The second-order valence-corrected chi connectivity index (χ2v) is 7.41. The second kappa shape index (κ2) is 6.73. The first-order valence-corrected chi connectivity index (χ1v) is 8.62. The van der Waals surface area contributed by atoms with Gasteiger partial charge in [0, 0.05) is 19.3 Å². The van der Waals surface area contributed by atoms with Gasteiger partial charge in [-0.1, -0.05) is 39.5 Å². The molecule has 0 fully saturated rings. The minimum Gasteiger partial charge on any atom is -0.313 e. The predicted octanol–water partition coefficient (Wildman–Crippen LogP) is 2.22. The van der Waals surface area contributed by atoms with Crippen molar-refractivity contribution in [2.24, 2.45) is 18.9 Å². The van der Waals surface area contributed by atoms with E-state index in [1.165, 1.54) is 4.57 Å². The van der Waals surface area contributed by atoms with E-state index in [0.717, 1.165) is 23.9 Å². The van der Waals surface area contributed by atoms with Crippen LogP contribution in [0.15, 0.2) is 14.7 Å². The molecule has 2 rings (SSSR count). The average Bonchev–Trinajstić information content (AvgIpc) is 2.79. The van der Waals surface area contributed by atoms with E-state index in [0.29, 0.717) is 23.0 Å². The molecule has 0 spiro atoms. The van der Waals surface area contributed by atoms with Crippen LogP contribution in [0.1, 0.15) is 34.1 Å². The van der Waals surface area contributed by atoms with Gasteiger partial charge in [-0.2, -0.15) is 0 Å². The highest BCUT2D eigenvalue weighted by atomic mass is 32.2. The first-order chi connectivity index (χ1) is 10.3. The van der Waals surface area contributed by atoms with Crippen LogP contribution in [0.3, 0.4) is 0 Å². The van der Waals surface area contributed by atoms with E-state index < -0.39 is 5.69 Å². The SMILES string of the molecule is CC(C)CCn1c(SCC(C)C)nc2c1c(=O)[nH]c(=O)n2C. The topological polar surface area (TPSA) is 72.7 Å². The molecule has 0 saturated heterocycles. The Morgan fingerprint density at radius 2 is 1.86 bits per heavy atom. The quantitative estimate of drug-likeness (QED) is 0.827. The van der Waals surface area contributed by atoms with Crippen molar-refractivity contribution < 1.29 is 0 Å². The fourth-order valence-electron chi connectivity index (χ4n) is 2.16. The number of thioether (sulfide) groups is 1. The van der Waals surface area contributed by atoms with Crippen LogP contribution in [-0.2, 0) is 13.6 Å². The number of hydrogen-bond donors (Lipinski definition) is 1. The molecule has 2 aromatic heterocycles. The molecule has 0 unspecified atom stereocenters. The Bertz CT molecular complexity index is 770. The van der Waals surface area contributed by atoms with E-state index in [1.807, 2.05) is 4.57 Å². The lowest BCUT2D eigenvalue weighted by atomic mass is 10.1. The molecule has 6 nitrogen and oxygen atoms in total. The van der Waals surface area contributed by atoms with E-state index in [1.54, 1.807) is 18.8 Å². The Balaban J connectivity index is 2.58. The molecule has 1 N–H and O–H groups in total. The molecule has 0 aromatic carbocycles. The second-order valence-electron chi connectivity index (χ2n) is 6.42. The van der Waals surface area contributed by atoms with Crippen LogP contribution in [0.4, 0.5) is 0 Å². The van der Waals surface area contributed by atoms with Crippen LogP contribution in [0.25, 0.3) is 11.2 Å². The van der Waals surface area contributed by atoms with Crippen molar-refractivity contribution in [3.8, 4) is 0 Å². The third-order valence-electron chi connectivity index (χ3n) is 3.45. The first kappa shape index (κ1) is 16.9. The molecule has 0 bridgehead atoms. The molecule has 2 aromatic rings. The summed E-state index contributed by atoms with van der Waals surface area (Å²) in [6.45, 7) is 9.34. The maximum absolute atomic E-state index is 12.2. The van der Waals surface area contributed by atoms with Gasteiger partial charge in [-0.3, -0.25) is 14.3 Å². The van der Waals surface area contributed by atoms with Crippen molar-refractivity contribution in [1.29, 1.82) is 0 Å². The third kappa shape index (κ3) is 3.45. The summed E-state index contributed by atoms with van der Waals surface area (Å²) in [6, 6.07) is 0. The van der Waals surface area contributed by atoms with Crippen molar-refractivity contribution >= 4 is 22.9 Å². The van der Waals surface area contributed by atoms with Crippen molar-refractivity contribution in [3.05, 3.63) is 20.8 Å². The molecule has 7 heteroatoms. The molecule has 22 heavy (non-hydrogen) atoms. The summed E-state index contributed by atoms with van der Waals surface area (Å²) in [5.74, 6) is 1.99. The van der Waals surface area contributed by atoms with Crippen LogP contribution >= 0.6 is 11.8 Å². The molecule has 122 valence electrons. The zero-order chi connectivity index (χ0) is 16.4. The van der Waals surface area contributed by atoms with Crippen LogP contribution in [0.5, 0.6) is 0 Å². The monoisotopic (exact) mass is 324 g/mol. The number of hydrogen-bond acceptors (Lipinski definition) is 4. The molecular weight excluding hydrogens is 300 g/mol. The van der Waals surface area contributed by atoms with Crippen LogP contribution in [-0.4, -0.2) is 24.9 Å². The number of aromatic nitrogens is 4. The number of rotatable bonds is 6. The molecule has 2 heterocycles. The average molecular weight is 324 g/mol. The third-order valence-corrected chi connectivity index (χ3v) is 4.85. The molecule has 0 amide bonds. The summed E-state index contributed by atoms with van der Waals surface area (Å²) < 4.78 is 3.36. The maximum atomic E-state index is 12.2. The highest BCUT2D eigenvalue weighted by Gasteiger charge is 2.18. The number of fused-ring (bicyclic) bond motifs is 1. The smallest absolute Gasteiger partial charge is 0.313 e. The fraction of sp³-hybridized carbons (Fsp3) is 0.667. The van der Waals surface area contributed by atoms with E-state index in [4.69, 9.17) is 0 Å². The number of aromatic amines is 1. The van der Waals surface area contributed by atoms with E-state index in [9.17, 15) is 9.59 Å².